The fraction of sp³-hybridized carbons (Fsp3) is 1.00. The van der Waals surface area contributed by atoms with Crippen molar-refractivity contribution in [1.29, 1.82) is 0 Å². The highest BCUT2D eigenvalue weighted by Crippen LogP contribution is 2.83. The molecule has 0 spiro atoms. The van der Waals surface area contributed by atoms with E-state index in [0.717, 1.165) is 0 Å². The Morgan fingerprint density at radius 2 is 0.944 bits per heavy atom. The molecular weight excluding hydrogens is 235 g/mol. The summed E-state index contributed by atoms with van der Waals surface area (Å²) in [6.07, 6.45) is 5.59. The van der Waals surface area contributed by atoms with Gasteiger partial charge in [-0.3, -0.25) is 0 Å². The van der Waals surface area contributed by atoms with E-state index < -0.39 is 7.26 Å². The molecule has 0 radical (unpaired) electrons. The summed E-state index contributed by atoms with van der Waals surface area (Å²) in [5, 5.41) is 1.33. The largest absolute Gasteiger partial charge is 0.0725 e. The molecule has 0 saturated heterocycles. The Balaban J connectivity index is 5.61. The van der Waals surface area contributed by atoms with Crippen molar-refractivity contribution in [1.82, 2.24) is 0 Å². The second-order valence-corrected chi connectivity index (χ2v) is 14.8. The molecule has 0 saturated carbocycles. The lowest BCUT2D eigenvalue weighted by molar-refractivity contribution is 0.606. The Labute approximate surface area is 118 Å². The SMILES string of the molecule is CCCCC[P+](C(C)(C)C)(C(C)(C)C)C(C)(C)C. The van der Waals surface area contributed by atoms with Crippen molar-refractivity contribution in [3.05, 3.63) is 0 Å². The quantitative estimate of drug-likeness (QED) is 0.400. The lowest BCUT2D eigenvalue weighted by Gasteiger charge is -2.54. The molecule has 0 atom stereocenters. The molecule has 0 bridgehead atoms. The van der Waals surface area contributed by atoms with Crippen LogP contribution in [-0.2, 0) is 0 Å². The Morgan fingerprint density at radius 1 is 0.611 bits per heavy atom. The van der Waals surface area contributed by atoms with E-state index in [1.165, 1.54) is 25.4 Å². The van der Waals surface area contributed by atoms with E-state index in [2.05, 4.69) is 69.2 Å². The first kappa shape index (κ1) is 18.4. The van der Waals surface area contributed by atoms with Crippen LogP contribution in [0.25, 0.3) is 0 Å². The van der Waals surface area contributed by atoms with Gasteiger partial charge < -0.3 is 0 Å². The lowest BCUT2D eigenvalue weighted by atomic mass is 10.2. The highest BCUT2D eigenvalue weighted by molar-refractivity contribution is 7.80. The summed E-state index contributed by atoms with van der Waals surface area (Å²) in [4.78, 5) is 0. The number of hydrogen-bond donors (Lipinski definition) is 0. The topological polar surface area (TPSA) is 0 Å². The maximum Gasteiger partial charge on any atom is 0.0725 e. The van der Waals surface area contributed by atoms with Crippen LogP contribution < -0.4 is 0 Å². The van der Waals surface area contributed by atoms with Crippen LogP contribution in [0.2, 0.25) is 0 Å². The first-order chi connectivity index (χ1) is 7.81. The van der Waals surface area contributed by atoms with Gasteiger partial charge in [0.05, 0.1) is 21.6 Å². The van der Waals surface area contributed by atoms with Gasteiger partial charge in [-0.2, -0.15) is 0 Å². The number of unbranched alkanes of at least 4 members (excludes halogenated alkanes) is 2. The lowest BCUT2D eigenvalue weighted by Crippen LogP contribution is -2.45. The predicted molar refractivity (Wildman–Crippen MR) is 90.6 cm³/mol. The zero-order valence-electron chi connectivity index (χ0n) is 14.8. The monoisotopic (exact) mass is 273 g/mol. The van der Waals surface area contributed by atoms with Gasteiger partial charge >= 0.3 is 0 Å². The van der Waals surface area contributed by atoms with E-state index in [-0.39, 0.29) is 0 Å². The normalized spacial score (nSPS) is 15.0. The third-order valence-electron chi connectivity index (χ3n) is 4.53. The average Bonchev–Trinajstić information content (AvgIpc) is 2.05. The van der Waals surface area contributed by atoms with Crippen LogP contribution in [0.3, 0.4) is 0 Å². The van der Waals surface area contributed by atoms with Crippen molar-refractivity contribution in [3.8, 4) is 0 Å². The van der Waals surface area contributed by atoms with Gasteiger partial charge in [0.1, 0.15) is 0 Å². The Hall–Kier alpha value is 0.430. The van der Waals surface area contributed by atoms with E-state index in [9.17, 15) is 0 Å². The standard InChI is InChI=1S/C17H38P/c1-11-12-13-14-18(15(2,3)4,16(5,6)7)17(8,9)10/h11-14H2,1-10H3/q+1. The van der Waals surface area contributed by atoms with E-state index in [1.807, 2.05) is 0 Å². The molecule has 0 aromatic carbocycles. The molecule has 0 aliphatic heterocycles. The molecule has 0 aliphatic rings. The van der Waals surface area contributed by atoms with Crippen LogP contribution in [0, 0.1) is 0 Å². The van der Waals surface area contributed by atoms with Crippen LogP contribution in [0.15, 0.2) is 0 Å². The fourth-order valence-electron chi connectivity index (χ4n) is 4.62. The zero-order valence-corrected chi connectivity index (χ0v) is 15.7. The molecule has 0 aromatic heterocycles. The fourth-order valence-corrected chi connectivity index (χ4v) is 13.4. The Morgan fingerprint density at radius 3 is 1.17 bits per heavy atom. The second-order valence-electron chi connectivity index (χ2n) is 8.75. The first-order valence-electron chi connectivity index (χ1n) is 7.69. The molecule has 0 aliphatic carbocycles. The van der Waals surface area contributed by atoms with E-state index in [4.69, 9.17) is 0 Å². The average molecular weight is 273 g/mol. The number of rotatable bonds is 4. The van der Waals surface area contributed by atoms with Crippen molar-refractivity contribution >= 4 is 7.26 Å². The van der Waals surface area contributed by atoms with Crippen LogP contribution in [0.5, 0.6) is 0 Å². The predicted octanol–water partition coefficient (Wildman–Crippen LogP) is 6.59. The van der Waals surface area contributed by atoms with Gasteiger partial charge in [-0.05, 0) is 68.7 Å². The van der Waals surface area contributed by atoms with Gasteiger partial charge in [0.15, 0.2) is 0 Å². The van der Waals surface area contributed by atoms with Crippen molar-refractivity contribution in [2.24, 2.45) is 0 Å². The van der Waals surface area contributed by atoms with Crippen molar-refractivity contribution in [3.63, 3.8) is 0 Å². The van der Waals surface area contributed by atoms with Crippen LogP contribution >= 0.6 is 7.26 Å². The minimum absolute atomic E-state index is 0.442. The summed E-state index contributed by atoms with van der Waals surface area (Å²) in [5.74, 6) is 0. The zero-order chi connectivity index (χ0) is 14.8. The van der Waals surface area contributed by atoms with Crippen molar-refractivity contribution in [2.45, 2.75) is 104 Å². The smallest absolute Gasteiger partial charge is 0.0654 e. The molecule has 0 unspecified atom stereocenters. The molecule has 0 N–H and O–H groups in total. The summed E-state index contributed by atoms with van der Waals surface area (Å²) in [6, 6.07) is 0. The summed E-state index contributed by atoms with van der Waals surface area (Å²) < 4.78 is 0. The minimum Gasteiger partial charge on any atom is -0.0654 e. The molecule has 0 rings (SSSR count). The van der Waals surface area contributed by atoms with E-state index in [0.29, 0.717) is 15.5 Å². The number of hydrogen-bond acceptors (Lipinski definition) is 0. The summed E-state index contributed by atoms with van der Waals surface area (Å²) in [7, 11) is -1.08. The summed E-state index contributed by atoms with van der Waals surface area (Å²) in [6.45, 7) is 24.7. The molecule has 0 fully saturated rings. The third kappa shape index (κ3) is 3.50. The molecule has 18 heavy (non-hydrogen) atoms. The van der Waals surface area contributed by atoms with Crippen molar-refractivity contribution in [2.75, 3.05) is 6.16 Å². The summed E-state index contributed by atoms with van der Waals surface area (Å²) >= 11 is 0. The molecule has 0 nitrogen and oxygen atoms in total. The Bertz CT molecular complexity index is 208. The van der Waals surface area contributed by atoms with Gasteiger partial charge in [0.25, 0.3) is 0 Å². The third-order valence-corrected chi connectivity index (χ3v) is 12.4. The van der Waals surface area contributed by atoms with Crippen molar-refractivity contribution < 1.29 is 0 Å². The highest BCUT2D eigenvalue weighted by Gasteiger charge is 2.63. The van der Waals surface area contributed by atoms with Crippen LogP contribution in [-0.4, -0.2) is 21.6 Å². The maximum atomic E-state index is 2.49. The minimum atomic E-state index is -1.08. The van der Waals surface area contributed by atoms with Crippen LogP contribution in [0.4, 0.5) is 0 Å². The van der Waals surface area contributed by atoms with E-state index >= 15 is 0 Å². The molecular formula is C17H38P+. The molecule has 110 valence electrons. The van der Waals surface area contributed by atoms with E-state index in [1.54, 1.807) is 0 Å². The van der Waals surface area contributed by atoms with Gasteiger partial charge in [-0.1, -0.05) is 19.8 Å². The maximum absolute atomic E-state index is 2.49. The molecule has 1 heteroatoms. The Kier molecular flexibility index (Phi) is 5.96. The summed E-state index contributed by atoms with van der Waals surface area (Å²) in [5.41, 5.74) is 0. The second kappa shape index (κ2) is 5.82. The molecule has 0 heterocycles. The van der Waals surface area contributed by atoms with Gasteiger partial charge in [-0.15, -0.1) is 0 Å². The van der Waals surface area contributed by atoms with Gasteiger partial charge in [-0.25, -0.2) is 0 Å². The van der Waals surface area contributed by atoms with Crippen LogP contribution in [0.1, 0.15) is 88.5 Å². The van der Waals surface area contributed by atoms with Gasteiger partial charge in [0.2, 0.25) is 0 Å². The first-order valence-corrected chi connectivity index (χ1v) is 9.67. The highest BCUT2D eigenvalue weighted by atomic mass is 31.2. The molecule has 0 amide bonds. The molecule has 0 aromatic rings. The van der Waals surface area contributed by atoms with Gasteiger partial charge in [0, 0.05) is 7.26 Å².